The van der Waals surface area contributed by atoms with Crippen LogP contribution in [0, 0.1) is 12.7 Å². The minimum absolute atomic E-state index is 0.187. The van der Waals surface area contributed by atoms with Gasteiger partial charge in [-0.3, -0.25) is 0 Å². The average molecular weight is 233 g/mol. The third kappa shape index (κ3) is 2.91. The Morgan fingerprint density at radius 1 is 1.41 bits per heavy atom. The molecule has 0 saturated heterocycles. The van der Waals surface area contributed by atoms with Gasteiger partial charge in [-0.15, -0.1) is 0 Å². The molecule has 0 radical (unpaired) electrons. The lowest BCUT2D eigenvalue weighted by molar-refractivity contribution is 0.624. The van der Waals surface area contributed by atoms with Crippen molar-refractivity contribution in [1.82, 2.24) is 14.9 Å². The molecule has 4 heteroatoms. The van der Waals surface area contributed by atoms with Gasteiger partial charge in [0, 0.05) is 19.3 Å². The number of aromatic nitrogens is 2. The molecule has 1 N–H and O–H groups in total. The number of nitrogens with zero attached hydrogens (tertiary/aromatic N) is 2. The summed E-state index contributed by atoms with van der Waals surface area (Å²) in [5.74, 6) is -0.187. The Morgan fingerprint density at radius 3 is 2.94 bits per heavy atom. The number of halogens is 1. The second-order valence-corrected chi connectivity index (χ2v) is 4.14. The maximum atomic E-state index is 13.0. The molecule has 1 aromatic carbocycles. The van der Waals surface area contributed by atoms with Crippen LogP contribution >= 0.6 is 0 Å². The molecule has 0 amide bonds. The summed E-state index contributed by atoms with van der Waals surface area (Å²) in [7, 11) is 1.89. The molecule has 0 spiro atoms. The smallest absolute Gasteiger partial charge is 0.123 e. The molecule has 2 aromatic rings. The van der Waals surface area contributed by atoms with Crippen LogP contribution in [0.15, 0.2) is 30.7 Å². The van der Waals surface area contributed by atoms with Crippen molar-refractivity contribution in [1.29, 1.82) is 0 Å². The van der Waals surface area contributed by atoms with Crippen molar-refractivity contribution < 1.29 is 4.39 Å². The van der Waals surface area contributed by atoms with Crippen molar-refractivity contribution in [3.05, 3.63) is 53.4 Å². The van der Waals surface area contributed by atoms with Gasteiger partial charge in [0.2, 0.25) is 0 Å². The quantitative estimate of drug-likeness (QED) is 0.876. The largest absolute Gasteiger partial charge is 0.333 e. The maximum absolute atomic E-state index is 13.0. The van der Waals surface area contributed by atoms with E-state index in [0.29, 0.717) is 0 Å². The highest BCUT2D eigenvalue weighted by Crippen LogP contribution is 2.12. The molecule has 0 saturated carbocycles. The average Bonchev–Trinajstić information content (AvgIpc) is 2.71. The van der Waals surface area contributed by atoms with Crippen molar-refractivity contribution in [3.8, 4) is 0 Å². The van der Waals surface area contributed by atoms with Crippen molar-refractivity contribution in [2.75, 3.05) is 7.05 Å². The predicted molar refractivity (Wildman–Crippen MR) is 65.2 cm³/mol. The number of aryl methyl sites for hydroxylation is 1. The molecule has 3 nitrogen and oxygen atoms in total. The van der Waals surface area contributed by atoms with Crippen molar-refractivity contribution in [3.63, 3.8) is 0 Å². The number of benzene rings is 1. The Bertz CT molecular complexity index is 505. The van der Waals surface area contributed by atoms with Crippen LogP contribution in [-0.2, 0) is 13.1 Å². The van der Waals surface area contributed by atoms with Crippen LogP contribution in [0.4, 0.5) is 4.39 Å². The molecular formula is C13H16FN3. The molecular weight excluding hydrogens is 217 g/mol. The zero-order valence-electron chi connectivity index (χ0n) is 10.1. The fraction of sp³-hybridized carbons (Fsp3) is 0.308. The third-order valence-corrected chi connectivity index (χ3v) is 2.70. The van der Waals surface area contributed by atoms with Crippen molar-refractivity contribution in [2.45, 2.75) is 20.0 Å². The van der Waals surface area contributed by atoms with E-state index in [1.165, 1.54) is 6.07 Å². The lowest BCUT2D eigenvalue weighted by Crippen LogP contribution is -2.05. The first-order chi connectivity index (χ1) is 8.19. The fourth-order valence-corrected chi connectivity index (χ4v) is 1.80. The zero-order chi connectivity index (χ0) is 12.3. The minimum Gasteiger partial charge on any atom is -0.333 e. The lowest BCUT2D eigenvalue weighted by Gasteiger charge is -2.06. The second kappa shape index (κ2) is 5.10. The number of nitrogens with one attached hydrogen (secondary N) is 1. The zero-order valence-corrected chi connectivity index (χ0v) is 10.1. The van der Waals surface area contributed by atoms with Gasteiger partial charge in [0.05, 0.1) is 12.0 Å². The van der Waals surface area contributed by atoms with Crippen molar-refractivity contribution in [2.24, 2.45) is 0 Å². The monoisotopic (exact) mass is 233 g/mol. The molecule has 90 valence electrons. The maximum Gasteiger partial charge on any atom is 0.123 e. The summed E-state index contributed by atoms with van der Waals surface area (Å²) in [6.45, 7) is 3.40. The highest BCUT2D eigenvalue weighted by Gasteiger charge is 2.02. The van der Waals surface area contributed by atoms with Gasteiger partial charge < -0.3 is 9.88 Å². The Kier molecular flexibility index (Phi) is 3.54. The van der Waals surface area contributed by atoms with Crippen LogP contribution in [0.1, 0.15) is 16.8 Å². The van der Waals surface area contributed by atoms with Gasteiger partial charge >= 0.3 is 0 Å². The first-order valence-electron chi connectivity index (χ1n) is 5.59. The summed E-state index contributed by atoms with van der Waals surface area (Å²) in [6.07, 6.45) is 3.80. The van der Waals surface area contributed by atoms with Crippen LogP contribution < -0.4 is 5.32 Å². The van der Waals surface area contributed by atoms with E-state index in [-0.39, 0.29) is 5.82 Å². The molecule has 1 heterocycles. The molecule has 0 atom stereocenters. The van der Waals surface area contributed by atoms with Gasteiger partial charge in [-0.2, -0.15) is 0 Å². The summed E-state index contributed by atoms with van der Waals surface area (Å²) in [4.78, 5) is 4.28. The Balaban J connectivity index is 2.13. The second-order valence-electron chi connectivity index (χ2n) is 4.14. The number of imidazole rings is 1. The van der Waals surface area contributed by atoms with E-state index in [1.807, 2.05) is 30.8 Å². The molecule has 1 aromatic heterocycles. The lowest BCUT2D eigenvalue weighted by atomic mass is 10.1. The highest BCUT2D eigenvalue weighted by molar-refractivity contribution is 5.26. The SMILES string of the molecule is CNCc1cn(Cc2ccc(F)cc2C)cn1. The van der Waals surface area contributed by atoms with E-state index in [2.05, 4.69) is 10.3 Å². The molecule has 0 aliphatic carbocycles. The summed E-state index contributed by atoms with van der Waals surface area (Å²) >= 11 is 0. The van der Waals surface area contributed by atoms with Crippen LogP contribution in [0.3, 0.4) is 0 Å². The van der Waals surface area contributed by atoms with E-state index >= 15 is 0 Å². The summed E-state index contributed by atoms with van der Waals surface area (Å²) in [5.41, 5.74) is 3.08. The summed E-state index contributed by atoms with van der Waals surface area (Å²) in [6, 6.07) is 4.87. The Hall–Kier alpha value is -1.68. The van der Waals surface area contributed by atoms with E-state index in [1.54, 1.807) is 12.4 Å². The Morgan fingerprint density at radius 2 is 2.24 bits per heavy atom. The molecule has 17 heavy (non-hydrogen) atoms. The van der Waals surface area contributed by atoms with Gasteiger partial charge in [0.15, 0.2) is 0 Å². The third-order valence-electron chi connectivity index (χ3n) is 2.70. The van der Waals surface area contributed by atoms with Crippen molar-refractivity contribution >= 4 is 0 Å². The fourth-order valence-electron chi connectivity index (χ4n) is 1.80. The standard InChI is InChI=1S/C13H16FN3/c1-10-5-12(14)4-3-11(10)7-17-8-13(6-15-2)16-9-17/h3-5,8-9,15H,6-7H2,1-2H3. The molecule has 0 bridgehead atoms. The number of hydrogen-bond donors (Lipinski definition) is 1. The van der Waals surface area contributed by atoms with Gasteiger partial charge in [-0.1, -0.05) is 6.07 Å². The van der Waals surface area contributed by atoms with Crippen LogP contribution in [0.5, 0.6) is 0 Å². The van der Waals surface area contributed by atoms with Gasteiger partial charge in [0.25, 0.3) is 0 Å². The molecule has 2 rings (SSSR count). The molecule has 0 fully saturated rings. The first kappa shape index (κ1) is 11.8. The van der Waals surface area contributed by atoms with Gasteiger partial charge in [0.1, 0.15) is 5.82 Å². The predicted octanol–water partition coefficient (Wildman–Crippen LogP) is 2.10. The van der Waals surface area contributed by atoms with E-state index in [0.717, 1.165) is 29.9 Å². The molecule has 0 aliphatic heterocycles. The molecule has 0 aliphatic rings. The summed E-state index contributed by atoms with van der Waals surface area (Å²) < 4.78 is 15.0. The van der Waals surface area contributed by atoms with Crippen LogP contribution in [0.25, 0.3) is 0 Å². The van der Waals surface area contributed by atoms with Gasteiger partial charge in [-0.25, -0.2) is 9.37 Å². The normalized spacial score (nSPS) is 10.8. The minimum atomic E-state index is -0.187. The van der Waals surface area contributed by atoms with E-state index < -0.39 is 0 Å². The Labute approximate surface area is 100 Å². The van der Waals surface area contributed by atoms with Crippen LogP contribution in [-0.4, -0.2) is 16.6 Å². The highest BCUT2D eigenvalue weighted by atomic mass is 19.1. The van der Waals surface area contributed by atoms with Crippen LogP contribution in [0.2, 0.25) is 0 Å². The van der Waals surface area contributed by atoms with E-state index in [4.69, 9.17) is 0 Å². The molecule has 0 unspecified atom stereocenters. The van der Waals surface area contributed by atoms with Gasteiger partial charge in [-0.05, 0) is 37.2 Å². The topological polar surface area (TPSA) is 29.9 Å². The number of hydrogen-bond acceptors (Lipinski definition) is 2. The number of rotatable bonds is 4. The van der Waals surface area contributed by atoms with E-state index in [9.17, 15) is 4.39 Å². The first-order valence-corrected chi connectivity index (χ1v) is 5.59. The summed E-state index contributed by atoms with van der Waals surface area (Å²) in [5, 5.41) is 3.05.